The highest BCUT2D eigenvalue weighted by molar-refractivity contribution is 7.18. The third kappa shape index (κ3) is 2.16. The van der Waals surface area contributed by atoms with E-state index in [-0.39, 0.29) is 6.54 Å². The molecule has 3 N–H and O–H groups in total. The fourth-order valence-corrected chi connectivity index (χ4v) is 2.42. The molecule has 0 amide bonds. The minimum absolute atomic E-state index is 0.193. The molecule has 0 aliphatic rings. The lowest BCUT2D eigenvalue weighted by atomic mass is 10.3. The Morgan fingerprint density at radius 2 is 2.38 bits per heavy atom. The SMILES string of the molecule is CCOc1ccc2nc(C(O)CN)sc2c1. The lowest BCUT2D eigenvalue weighted by molar-refractivity contribution is 0.186. The Bertz CT molecular complexity index is 484. The summed E-state index contributed by atoms with van der Waals surface area (Å²) in [7, 11) is 0. The first-order valence-corrected chi connectivity index (χ1v) is 5.97. The number of hydrogen-bond donors (Lipinski definition) is 2. The molecular formula is C11H14N2O2S. The lowest BCUT2D eigenvalue weighted by Crippen LogP contribution is -2.10. The van der Waals surface area contributed by atoms with Gasteiger partial charge in [-0.05, 0) is 25.1 Å². The predicted molar refractivity (Wildman–Crippen MR) is 64.8 cm³/mol. The summed E-state index contributed by atoms with van der Waals surface area (Å²) in [5.74, 6) is 0.826. The van der Waals surface area contributed by atoms with E-state index in [1.165, 1.54) is 11.3 Å². The number of rotatable bonds is 4. The van der Waals surface area contributed by atoms with Gasteiger partial charge in [0, 0.05) is 6.54 Å². The first kappa shape index (κ1) is 11.3. The van der Waals surface area contributed by atoms with E-state index in [0.717, 1.165) is 16.0 Å². The smallest absolute Gasteiger partial charge is 0.124 e. The maximum atomic E-state index is 9.59. The predicted octanol–water partition coefficient (Wildman–Crippen LogP) is 1.69. The van der Waals surface area contributed by atoms with Crippen molar-refractivity contribution in [3.8, 4) is 5.75 Å². The summed E-state index contributed by atoms with van der Waals surface area (Å²) in [6.07, 6.45) is -0.673. The van der Waals surface area contributed by atoms with E-state index in [4.69, 9.17) is 10.5 Å². The zero-order valence-electron chi connectivity index (χ0n) is 9.01. The van der Waals surface area contributed by atoms with Crippen molar-refractivity contribution in [2.75, 3.05) is 13.2 Å². The number of nitrogens with zero attached hydrogens (tertiary/aromatic N) is 1. The minimum Gasteiger partial charge on any atom is -0.494 e. The van der Waals surface area contributed by atoms with Gasteiger partial charge < -0.3 is 15.6 Å². The number of ether oxygens (including phenoxy) is 1. The fourth-order valence-electron chi connectivity index (χ4n) is 1.42. The van der Waals surface area contributed by atoms with Gasteiger partial charge in [-0.3, -0.25) is 0 Å². The van der Waals surface area contributed by atoms with E-state index < -0.39 is 6.10 Å². The quantitative estimate of drug-likeness (QED) is 0.850. The van der Waals surface area contributed by atoms with Gasteiger partial charge in [0.05, 0.1) is 16.8 Å². The van der Waals surface area contributed by atoms with Crippen LogP contribution in [-0.2, 0) is 0 Å². The number of fused-ring (bicyclic) bond motifs is 1. The molecule has 16 heavy (non-hydrogen) atoms. The minimum atomic E-state index is -0.673. The summed E-state index contributed by atoms with van der Waals surface area (Å²) in [6.45, 7) is 2.78. The summed E-state index contributed by atoms with van der Waals surface area (Å²) in [5, 5.41) is 10.3. The first-order chi connectivity index (χ1) is 7.74. The molecule has 2 rings (SSSR count). The van der Waals surface area contributed by atoms with Crippen molar-refractivity contribution in [3.63, 3.8) is 0 Å². The molecule has 0 fully saturated rings. The molecule has 0 spiro atoms. The second-order valence-electron chi connectivity index (χ2n) is 3.37. The van der Waals surface area contributed by atoms with Crippen LogP contribution in [-0.4, -0.2) is 23.2 Å². The molecule has 1 unspecified atom stereocenters. The van der Waals surface area contributed by atoms with Gasteiger partial charge in [-0.25, -0.2) is 4.98 Å². The molecule has 86 valence electrons. The van der Waals surface area contributed by atoms with Crippen molar-refractivity contribution >= 4 is 21.6 Å². The maximum absolute atomic E-state index is 9.59. The second-order valence-corrected chi connectivity index (χ2v) is 4.43. The van der Waals surface area contributed by atoms with Gasteiger partial charge in [-0.15, -0.1) is 11.3 Å². The van der Waals surface area contributed by atoms with Crippen LogP contribution in [0.1, 0.15) is 18.0 Å². The van der Waals surface area contributed by atoms with E-state index in [1.807, 2.05) is 25.1 Å². The van der Waals surface area contributed by atoms with Gasteiger partial charge >= 0.3 is 0 Å². The number of benzene rings is 1. The Morgan fingerprint density at radius 1 is 1.56 bits per heavy atom. The van der Waals surface area contributed by atoms with Crippen molar-refractivity contribution < 1.29 is 9.84 Å². The molecule has 2 aromatic rings. The highest BCUT2D eigenvalue weighted by Gasteiger charge is 2.11. The molecule has 4 nitrogen and oxygen atoms in total. The molecule has 0 radical (unpaired) electrons. The van der Waals surface area contributed by atoms with Crippen LogP contribution in [0.2, 0.25) is 0 Å². The van der Waals surface area contributed by atoms with Crippen LogP contribution >= 0.6 is 11.3 Å². The van der Waals surface area contributed by atoms with Gasteiger partial charge in [-0.1, -0.05) is 0 Å². The Hall–Kier alpha value is -1.17. The number of hydrogen-bond acceptors (Lipinski definition) is 5. The largest absolute Gasteiger partial charge is 0.494 e. The summed E-state index contributed by atoms with van der Waals surface area (Å²) in [4.78, 5) is 4.32. The molecule has 1 atom stereocenters. The third-order valence-electron chi connectivity index (χ3n) is 2.20. The van der Waals surface area contributed by atoms with Crippen LogP contribution in [0.15, 0.2) is 18.2 Å². The molecule has 0 aliphatic carbocycles. The first-order valence-electron chi connectivity index (χ1n) is 5.16. The molecule has 0 bridgehead atoms. The second kappa shape index (κ2) is 4.78. The van der Waals surface area contributed by atoms with Gasteiger partial charge in [0.15, 0.2) is 0 Å². The normalized spacial score (nSPS) is 12.9. The van der Waals surface area contributed by atoms with Gasteiger partial charge in [0.2, 0.25) is 0 Å². The van der Waals surface area contributed by atoms with E-state index in [9.17, 15) is 5.11 Å². The molecule has 5 heteroatoms. The molecule has 0 aliphatic heterocycles. The van der Waals surface area contributed by atoms with Crippen molar-refractivity contribution in [2.24, 2.45) is 5.73 Å². The number of aromatic nitrogens is 1. The highest BCUT2D eigenvalue weighted by Crippen LogP contribution is 2.29. The molecule has 1 aromatic carbocycles. The molecular weight excluding hydrogens is 224 g/mol. The Morgan fingerprint density at radius 3 is 3.06 bits per heavy atom. The van der Waals surface area contributed by atoms with E-state index in [1.54, 1.807) is 0 Å². The Balaban J connectivity index is 2.38. The number of aliphatic hydroxyl groups excluding tert-OH is 1. The van der Waals surface area contributed by atoms with E-state index >= 15 is 0 Å². The van der Waals surface area contributed by atoms with E-state index in [2.05, 4.69) is 4.98 Å². The average Bonchev–Trinajstić information content (AvgIpc) is 2.71. The number of aliphatic hydroxyl groups is 1. The average molecular weight is 238 g/mol. The highest BCUT2D eigenvalue weighted by atomic mass is 32.1. The van der Waals surface area contributed by atoms with Gasteiger partial charge in [-0.2, -0.15) is 0 Å². The Kier molecular flexibility index (Phi) is 3.38. The molecule has 0 saturated carbocycles. The van der Waals surface area contributed by atoms with Crippen LogP contribution in [0.5, 0.6) is 5.75 Å². The third-order valence-corrected chi connectivity index (χ3v) is 3.32. The zero-order valence-corrected chi connectivity index (χ0v) is 9.83. The summed E-state index contributed by atoms with van der Waals surface area (Å²) in [6, 6.07) is 5.71. The topological polar surface area (TPSA) is 68.4 Å². The lowest BCUT2D eigenvalue weighted by Gasteiger charge is -2.00. The standard InChI is InChI=1S/C11H14N2O2S/c1-2-15-7-3-4-8-10(5-7)16-11(13-8)9(14)6-12/h3-5,9,14H,2,6,12H2,1H3. The van der Waals surface area contributed by atoms with Crippen molar-refractivity contribution in [2.45, 2.75) is 13.0 Å². The maximum Gasteiger partial charge on any atom is 0.124 e. The van der Waals surface area contributed by atoms with Gasteiger partial charge in [0.1, 0.15) is 16.9 Å². The van der Waals surface area contributed by atoms with Crippen LogP contribution in [0, 0.1) is 0 Å². The summed E-state index contributed by atoms with van der Waals surface area (Å²) < 4.78 is 6.41. The monoisotopic (exact) mass is 238 g/mol. The van der Waals surface area contributed by atoms with Crippen molar-refractivity contribution in [1.29, 1.82) is 0 Å². The summed E-state index contributed by atoms with van der Waals surface area (Å²) >= 11 is 1.45. The molecule has 0 saturated heterocycles. The molecule has 1 aromatic heterocycles. The van der Waals surface area contributed by atoms with Crippen molar-refractivity contribution in [3.05, 3.63) is 23.2 Å². The zero-order chi connectivity index (χ0) is 11.5. The summed E-state index contributed by atoms with van der Waals surface area (Å²) in [5.41, 5.74) is 6.27. The van der Waals surface area contributed by atoms with E-state index in [0.29, 0.717) is 11.6 Å². The van der Waals surface area contributed by atoms with Gasteiger partial charge in [0.25, 0.3) is 0 Å². The fraction of sp³-hybridized carbons (Fsp3) is 0.364. The van der Waals surface area contributed by atoms with Crippen molar-refractivity contribution in [1.82, 2.24) is 4.98 Å². The number of thiazole rings is 1. The number of nitrogens with two attached hydrogens (primary N) is 1. The Labute approximate surface area is 97.7 Å². The van der Waals surface area contributed by atoms with Crippen LogP contribution in [0.3, 0.4) is 0 Å². The molecule has 1 heterocycles. The van der Waals surface area contributed by atoms with Crippen LogP contribution in [0.25, 0.3) is 10.2 Å². The van der Waals surface area contributed by atoms with Crippen LogP contribution in [0.4, 0.5) is 0 Å². The van der Waals surface area contributed by atoms with Crippen LogP contribution < -0.4 is 10.5 Å².